The summed E-state index contributed by atoms with van der Waals surface area (Å²) < 4.78 is 6.10. The number of hydrogen-bond acceptors (Lipinski definition) is 5. The first-order valence-electron chi connectivity index (χ1n) is 13.1. The van der Waals surface area contributed by atoms with Gasteiger partial charge in [0, 0.05) is 23.0 Å². The molecule has 2 aliphatic carbocycles. The number of carbonyl (C=O) groups excluding carboxylic acids is 2. The summed E-state index contributed by atoms with van der Waals surface area (Å²) in [5, 5.41) is 20.5. The maximum absolute atomic E-state index is 13.7. The highest BCUT2D eigenvalue weighted by Gasteiger charge is 2.53. The Morgan fingerprint density at radius 2 is 1.83 bits per heavy atom. The van der Waals surface area contributed by atoms with Crippen LogP contribution in [0.4, 0.5) is 0 Å². The van der Waals surface area contributed by atoms with Crippen molar-refractivity contribution in [1.29, 1.82) is 0 Å². The van der Waals surface area contributed by atoms with Crippen LogP contribution >= 0.6 is 0 Å². The Morgan fingerprint density at radius 3 is 2.56 bits per heavy atom. The first-order valence-corrected chi connectivity index (χ1v) is 13.1. The number of aromatic hydroxyl groups is 1. The smallest absolute Gasteiger partial charge is 0.455 e. The molecule has 5 nitrogen and oxygen atoms in total. The topological polar surface area (TPSA) is 83.8 Å². The first-order chi connectivity index (χ1) is 17.4. The highest BCUT2D eigenvalue weighted by Crippen LogP contribution is 2.51. The van der Waals surface area contributed by atoms with Gasteiger partial charge in [-0.05, 0) is 68.1 Å². The first kappa shape index (κ1) is 24.7. The van der Waals surface area contributed by atoms with E-state index in [9.17, 15) is 19.7 Å². The van der Waals surface area contributed by atoms with Crippen molar-refractivity contribution in [2.24, 2.45) is 17.8 Å². The van der Waals surface area contributed by atoms with E-state index in [0.29, 0.717) is 30.3 Å². The zero-order valence-corrected chi connectivity index (χ0v) is 20.9. The molecule has 3 aliphatic rings. The normalized spacial score (nSPS) is 26.0. The number of benzene rings is 2. The van der Waals surface area contributed by atoms with Gasteiger partial charge in [0.25, 0.3) is 0 Å². The van der Waals surface area contributed by atoms with Gasteiger partial charge in [-0.25, -0.2) is 0 Å². The third-order valence-electron chi connectivity index (χ3n) is 8.00. The Kier molecular flexibility index (Phi) is 7.00. The number of ketones is 2. The van der Waals surface area contributed by atoms with Crippen molar-refractivity contribution in [1.82, 2.24) is 0 Å². The minimum Gasteiger partial charge on any atom is -0.508 e. The monoisotopic (exact) mass is 484 g/mol. The Balaban J connectivity index is 1.46. The molecule has 2 N–H and O–H groups in total. The molecule has 1 fully saturated rings. The average molecular weight is 484 g/mol. The van der Waals surface area contributed by atoms with Crippen LogP contribution in [-0.4, -0.2) is 34.9 Å². The Morgan fingerprint density at radius 1 is 1.08 bits per heavy atom. The number of Topliss-reactive ketones (excluding diaryl/α,β-unsaturated/α-hetero) is 2. The predicted molar refractivity (Wildman–Crippen MR) is 141 cm³/mol. The van der Waals surface area contributed by atoms with E-state index in [4.69, 9.17) is 4.65 Å². The fourth-order valence-electron chi connectivity index (χ4n) is 6.54. The van der Waals surface area contributed by atoms with Crippen LogP contribution in [0.5, 0.6) is 5.75 Å². The number of rotatable bonds is 6. The fourth-order valence-corrected chi connectivity index (χ4v) is 6.54. The van der Waals surface area contributed by atoms with Gasteiger partial charge in [0.1, 0.15) is 5.75 Å². The van der Waals surface area contributed by atoms with Crippen LogP contribution in [-0.2, 0) is 4.65 Å². The van der Waals surface area contributed by atoms with Gasteiger partial charge >= 0.3 is 7.12 Å². The van der Waals surface area contributed by atoms with Crippen LogP contribution in [0.2, 0.25) is 6.32 Å². The van der Waals surface area contributed by atoms with Gasteiger partial charge in [0.05, 0.1) is 6.10 Å². The van der Waals surface area contributed by atoms with Crippen LogP contribution in [0.1, 0.15) is 72.2 Å². The molecular formula is C30H33BO5. The molecule has 5 rings (SSSR count). The Hall–Kier alpha value is -2.96. The number of phenols is 1. The molecule has 1 saturated heterocycles. The largest absolute Gasteiger partial charge is 0.508 e. The van der Waals surface area contributed by atoms with Gasteiger partial charge in [-0.15, -0.1) is 0 Å². The summed E-state index contributed by atoms with van der Waals surface area (Å²) in [5.41, 5.74) is 5.52. The molecule has 1 aliphatic heterocycles. The second-order valence-electron chi connectivity index (χ2n) is 10.5. The van der Waals surface area contributed by atoms with Crippen LogP contribution < -0.4 is 0 Å². The van der Waals surface area contributed by atoms with E-state index >= 15 is 0 Å². The quantitative estimate of drug-likeness (QED) is 0.395. The van der Waals surface area contributed by atoms with Gasteiger partial charge < -0.3 is 14.8 Å². The average Bonchev–Trinajstić information content (AvgIpc) is 2.85. The van der Waals surface area contributed by atoms with Crippen molar-refractivity contribution < 1.29 is 24.4 Å². The van der Waals surface area contributed by atoms with Crippen molar-refractivity contribution in [3.05, 3.63) is 81.9 Å². The fraction of sp³-hybridized carbons (Fsp3) is 0.400. The number of hydrogen-bond donors (Lipinski definition) is 2. The van der Waals surface area contributed by atoms with Crippen molar-refractivity contribution in [2.75, 3.05) is 0 Å². The van der Waals surface area contributed by atoms with Crippen LogP contribution in [0.15, 0.2) is 65.3 Å². The van der Waals surface area contributed by atoms with Crippen molar-refractivity contribution in [3.8, 4) is 5.75 Å². The summed E-state index contributed by atoms with van der Waals surface area (Å²) in [4.78, 5) is 27.2. The third kappa shape index (κ3) is 4.60. The summed E-state index contributed by atoms with van der Waals surface area (Å²) >= 11 is 0. The molecule has 0 saturated carbocycles. The molecule has 1 heterocycles. The Bertz CT molecular complexity index is 1250. The lowest BCUT2D eigenvalue weighted by atomic mass is 9.54. The third-order valence-corrected chi connectivity index (χ3v) is 8.00. The van der Waals surface area contributed by atoms with Gasteiger partial charge in [-0.2, -0.15) is 0 Å². The van der Waals surface area contributed by atoms with E-state index in [1.165, 1.54) is 5.57 Å². The van der Waals surface area contributed by atoms with Crippen LogP contribution in [0.3, 0.4) is 0 Å². The summed E-state index contributed by atoms with van der Waals surface area (Å²) in [6, 6.07) is 14.3. The molecule has 4 atom stereocenters. The minimum absolute atomic E-state index is 0.0288. The van der Waals surface area contributed by atoms with E-state index < -0.39 is 13.0 Å². The van der Waals surface area contributed by atoms with E-state index in [1.54, 1.807) is 24.3 Å². The zero-order valence-electron chi connectivity index (χ0n) is 20.9. The molecule has 2 aromatic rings. The van der Waals surface area contributed by atoms with Gasteiger partial charge in [-0.1, -0.05) is 67.0 Å². The van der Waals surface area contributed by atoms with Crippen molar-refractivity contribution in [2.45, 2.75) is 58.4 Å². The standard InChI is InChI=1S/C30H33BO5/c1-3-7-20-16-24-28(30(34)23-11-5-4-10-22(23)29(24)33)25-17-31(35)36-26(27(20)25)13-12-18(2)14-19-8-6-9-21(32)15-19/h4-6,8-11,14-15,24-26,28,32,35H,3,7,12-13,16-17H2,1-2H3/b18-14+/t24-,25+,26-,28-/m1/s1. The molecule has 0 radical (unpaired) electrons. The van der Waals surface area contributed by atoms with Gasteiger partial charge in [-0.3, -0.25) is 9.59 Å². The minimum atomic E-state index is -0.958. The molecule has 6 heteroatoms. The van der Waals surface area contributed by atoms with Crippen molar-refractivity contribution >= 4 is 24.8 Å². The highest BCUT2D eigenvalue weighted by atomic mass is 16.5. The van der Waals surface area contributed by atoms with E-state index in [-0.39, 0.29) is 35.3 Å². The zero-order chi connectivity index (χ0) is 25.4. The molecule has 0 bridgehead atoms. The number of fused-ring (bicyclic) bond motifs is 4. The summed E-state index contributed by atoms with van der Waals surface area (Å²) in [6.45, 7) is 4.19. The SMILES string of the molecule is CCCC1=C2[C@@H](CC/C(C)=C/c3cccc(O)c3)OB(O)C[C@@H]2[C@@H]2C(=O)c3ccccc3C(=O)[C@@H]2C1. The molecule has 186 valence electrons. The second-order valence-corrected chi connectivity index (χ2v) is 10.5. The summed E-state index contributed by atoms with van der Waals surface area (Å²) in [7, 11) is -0.958. The predicted octanol–water partition coefficient (Wildman–Crippen LogP) is 5.88. The summed E-state index contributed by atoms with van der Waals surface area (Å²) in [5.74, 6) is -0.655. The number of allylic oxidation sites excluding steroid dienone is 2. The second kappa shape index (κ2) is 10.2. The van der Waals surface area contributed by atoms with Crippen LogP contribution in [0.25, 0.3) is 6.08 Å². The van der Waals surface area contributed by atoms with Crippen molar-refractivity contribution in [3.63, 3.8) is 0 Å². The molecule has 36 heavy (non-hydrogen) atoms. The van der Waals surface area contributed by atoms with Gasteiger partial charge in [0.15, 0.2) is 11.6 Å². The lowest BCUT2D eigenvalue weighted by Gasteiger charge is -2.47. The highest BCUT2D eigenvalue weighted by molar-refractivity contribution is 6.43. The summed E-state index contributed by atoms with van der Waals surface area (Å²) in [6.07, 6.45) is 5.97. The lowest BCUT2D eigenvalue weighted by molar-refractivity contribution is 0.0598. The Labute approximate surface area is 213 Å². The van der Waals surface area contributed by atoms with E-state index in [1.807, 2.05) is 24.3 Å². The maximum Gasteiger partial charge on any atom is 0.455 e. The lowest BCUT2D eigenvalue weighted by Crippen LogP contribution is -2.50. The van der Waals surface area contributed by atoms with E-state index in [2.05, 4.69) is 19.9 Å². The van der Waals surface area contributed by atoms with Crippen LogP contribution in [0, 0.1) is 17.8 Å². The molecule has 0 spiro atoms. The number of phenolic OH excluding ortho intramolecular Hbond substituents is 1. The molecule has 0 unspecified atom stereocenters. The number of carbonyl (C=O) groups is 2. The maximum atomic E-state index is 13.7. The molecular weight excluding hydrogens is 451 g/mol. The molecule has 0 amide bonds. The molecule has 2 aromatic carbocycles. The molecule has 0 aromatic heterocycles. The van der Waals surface area contributed by atoms with E-state index in [0.717, 1.165) is 36.0 Å². The van der Waals surface area contributed by atoms with Gasteiger partial charge in [0.2, 0.25) is 0 Å².